The van der Waals surface area contributed by atoms with E-state index in [1.807, 2.05) is 6.92 Å². The zero-order valence-corrected chi connectivity index (χ0v) is 10.0. The molecule has 0 saturated heterocycles. The molecule has 0 saturated carbocycles. The second-order valence-corrected chi connectivity index (χ2v) is 4.32. The molecule has 0 heterocycles. The fraction of sp³-hybridized carbons (Fsp3) is 0.538. The zero-order chi connectivity index (χ0) is 12.7. The first-order valence-corrected chi connectivity index (χ1v) is 5.89. The van der Waals surface area contributed by atoms with Crippen molar-refractivity contribution in [3.63, 3.8) is 0 Å². The van der Waals surface area contributed by atoms with Crippen molar-refractivity contribution in [2.24, 2.45) is 5.92 Å². The monoisotopic (exact) mass is 243 g/mol. The number of aliphatic hydroxyl groups is 1. The second kappa shape index (κ2) is 7.35. The first-order chi connectivity index (χ1) is 8.15. The maximum absolute atomic E-state index is 13.2. The minimum absolute atomic E-state index is 0.193. The van der Waals surface area contributed by atoms with E-state index in [1.54, 1.807) is 6.07 Å². The van der Waals surface area contributed by atoms with Crippen LogP contribution in [-0.4, -0.2) is 18.3 Å². The van der Waals surface area contributed by atoms with E-state index in [0.717, 1.165) is 25.5 Å². The normalized spacial score (nSPS) is 12.7. The first kappa shape index (κ1) is 14.1. The molecule has 1 aromatic rings. The molecule has 0 aliphatic heterocycles. The van der Waals surface area contributed by atoms with Crippen molar-refractivity contribution >= 4 is 0 Å². The molecule has 0 spiro atoms. The van der Waals surface area contributed by atoms with Crippen molar-refractivity contribution < 1.29 is 13.9 Å². The lowest BCUT2D eigenvalue weighted by Gasteiger charge is -2.09. The molecule has 96 valence electrons. The van der Waals surface area contributed by atoms with Crippen molar-refractivity contribution in [3.8, 4) is 0 Å². The summed E-state index contributed by atoms with van der Waals surface area (Å²) in [4.78, 5) is 0. The summed E-state index contributed by atoms with van der Waals surface area (Å²) in [5.74, 6) is -1.29. The van der Waals surface area contributed by atoms with Crippen LogP contribution in [0.5, 0.6) is 0 Å². The Labute approximate surface area is 101 Å². The van der Waals surface area contributed by atoms with Gasteiger partial charge in [-0.15, -0.1) is 0 Å². The van der Waals surface area contributed by atoms with Gasteiger partial charge >= 0.3 is 0 Å². The van der Waals surface area contributed by atoms with Crippen molar-refractivity contribution in [2.45, 2.75) is 26.3 Å². The van der Waals surface area contributed by atoms with Gasteiger partial charge in [-0.2, -0.15) is 0 Å². The summed E-state index contributed by atoms with van der Waals surface area (Å²) in [7, 11) is 0. The smallest absolute Gasteiger partial charge is 0.163 e. The molecule has 1 rings (SSSR count). The molecule has 1 unspecified atom stereocenters. The van der Waals surface area contributed by atoms with Crippen LogP contribution in [0.2, 0.25) is 0 Å². The molecule has 17 heavy (non-hydrogen) atoms. The molecule has 1 aromatic carbocycles. The van der Waals surface area contributed by atoms with E-state index in [4.69, 9.17) is 5.11 Å². The SMILES string of the molecule is CC(CO)CCCNCc1cccc(F)c1F. The summed E-state index contributed by atoms with van der Waals surface area (Å²) in [6, 6.07) is 4.19. The van der Waals surface area contributed by atoms with Gasteiger partial charge in [0.05, 0.1) is 0 Å². The Balaban J connectivity index is 2.25. The van der Waals surface area contributed by atoms with Gasteiger partial charge in [-0.25, -0.2) is 8.78 Å². The van der Waals surface area contributed by atoms with Gasteiger partial charge < -0.3 is 10.4 Å². The molecule has 2 N–H and O–H groups in total. The molecular formula is C13H19F2NO. The van der Waals surface area contributed by atoms with E-state index in [1.165, 1.54) is 6.07 Å². The summed E-state index contributed by atoms with van der Waals surface area (Å²) in [5.41, 5.74) is 0.347. The standard InChI is InChI=1S/C13H19F2NO/c1-10(9-17)4-3-7-16-8-11-5-2-6-12(14)13(11)15/h2,5-6,10,16-17H,3-4,7-9H2,1H3. The number of nitrogens with one attached hydrogen (secondary N) is 1. The van der Waals surface area contributed by atoms with E-state index in [0.29, 0.717) is 18.0 Å². The van der Waals surface area contributed by atoms with Gasteiger partial charge in [-0.05, 0) is 31.4 Å². The van der Waals surface area contributed by atoms with Crippen LogP contribution in [0.25, 0.3) is 0 Å². The van der Waals surface area contributed by atoms with Crippen LogP contribution in [0.1, 0.15) is 25.3 Å². The Kier molecular flexibility index (Phi) is 6.08. The fourth-order valence-corrected chi connectivity index (χ4v) is 1.57. The minimum Gasteiger partial charge on any atom is -0.396 e. The highest BCUT2D eigenvalue weighted by Crippen LogP contribution is 2.11. The fourth-order valence-electron chi connectivity index (χ4n) is 1.57. The molecule has 4 heteroatoms. The van der Waals surface area contributed by atoms with Crippen LogP contribution < -0.4 is 5.32 Å². The quantitative estimate of drug-likeness (QED) is 0.721. The summed E-state index contributed by atoms with van der Waals surface area (Å²) < 4.78 is 26.1. The Morgan fingerprint density at radius 2 is 2.12 bits per heavy atom. The molecule has 0 fully saturated rings. The number of hydrogen-bond acceptors (Lipinski definition) is 2. The number of halogens is 2. The average Bonchev–Trinajstić information content (AvgIpc) is 2.33. The molecule has 1 atom stereocenters. The molecule has 2 nitrogen and oxygen atoms in total. The topological polar surface area (TPSA) is 32.3 Å². The third-order valence-electron chi connectivity index (χ3n) is 2.71. The van der Waals surface area contributed by atoms with Gasteiger partial charge in [0.25, 0.3) is 0 Å². The molecule has 0 bridgehead atoms. The van der Waals surface area contributed by atoms with Crippen molar-refractivity contribution in [3.05, 3.63) is 35.4 Å². The molecular weight excluding hydrogens is 224 g/mol. The van der Waals surface area contributed by atoms with Gasteiger partial charge in [0.15, 0.2) is 11.6 Å². The van der Waals surface area contributed by atoms with Crippen LogP contribution >= 0.6 is 0 Å². The van der Waals surface area contributed by atoms with Crippen LogP contribution in [-0.2, 0) is 6.54 Å². The van der Waals surface area contributed by atoms with Crippen LogP contribution in [0.4, 0.5) is 8.78 Å². The summed E-state index contributed by atoms with van der Waals surface area (Å²) >= 11 is 0. The van der Waals surface area contributed by atoms with Gasteiger partial charge in [0.2, 0.25) is 0 Å². The molecule has 0 radical (unpaired) electrons. The van der Waals surface area contributed by atoms with Gasteiger partial charge in [-0.1, -0.05) is 19.1 Å². The molecule has 0 aliphatic rings. The predicted octanol–water partition coefficient (Wildman–Crippen LogP) is 2.46. The highest BCUT2D eigenvalue weighted by molar-refractivity contribution is 5.18. The number of aliphatic hydroxyl groups excluding tert-OH is 1. The third-order valence-corrected chi connectivity index (χ3v) is 2.71. The minimum atomic E-state index is -0.807. The average molecular weight is 243 g/mol. The lowest BCUT2D eigenvalue weighted by molar-refractivity contribution is 0.228. The highest BCUT2D eigenvalue weighted by Gasteiger charge is 2.06. The van der Waals surface area contributed by atoms with E-state index >= 15 is 0 Å². The highest BCUT2D eigenvalue weighted by atomic mass is 19.2. The largest absolute Gasteiger partial charge is 0.396 e. The molecule has 0 amide bonds. The lowest BCUT2D eigenvalue weighted by Crippen LogP contribution is -2.17. The molecule has 0 aromatic heterocycles. The van der Waals surface area contributed by atoms with Crippen LogP contribution in [0.3, 0.4) is 0 Å². The van der Waals surface area contributed by atoms with E-state index < -0.39 is 11.6 Å². The maximum Gasteiger partial charge on any atom is 0.163 e. The summed E-state index contributed by atoms with van der Waals surface area (Å²) in [6.07, 6.45) is 1.84. The maximum atomic E-state index is 13.2. The Morgan fingerprint density at radius 1 is 1.35 bits per heavy atom. The summed E-state index contributed by atoms with van der Waals surface area (Å²) in [6.45, 7) is 3.24. The molecule has 0 aliphatic carbocycles. The van der Waals surface area contributed by atoms with Crippen molar-refractivity contribution in [1.82, 2.24) is 5.32 Å². The van der Waals surface area contributed by atoms with Gasteiger partial charge in [0.1, 0.15) is 0 Å². The Hall–Kier alpha value is -1.00. The van der Waals surface area contributed by atoms with Crippen molar-refractivity contribution in [1.29, 1.82) is 0 Å². The number of rotatable bonds is 7. The second-order valence-electron chi connectivity index (χ2n) is 4.32. The lowest BCUT2D eigenvalue weighted by atomic mass is 10.1. The first-order valence-electron chi connectivity index (χ1n) is 5.89. The van der Waals surface area contributed by atoms with Crippen molar-refractivity contribution in [2.75, 3.05) is 13.2 Å². The Morgan fingerprint density at radius 3 is 2.82 bits per heavy atom. The van der Waals surface area contributed by atoms with Gasteiger partial charge in [-0.3, -0.25) is 0 Å². The van der Waals surface area contributed by atoms with E-state index in [9.17, 15) is 8.78 Å². The van der Waals surface area contributed by atoms with E-state index in [-0.39, 0.29) is 6.61 Å². The van der Waals surface area contributed by atoms with E-state index in [2.05, 4.69) is 5.32 Å². The van der Waals surface area contributed by atoms with Crippen LogP contribution in [0, 0.1) is 17.6 Å². The predicted molar refractivity (Wildman–Crippen MR) is 63.5 cm³/mol. The summed E-state index contributed by atoms with van der Waals surface area (Å²) in [5, 5.41) is 11.9. The Bertz CT molecular complexity index is 344. The zero-order valence-electron chi connectivity index (χ0n) is 10.0. The number of benzene rings is 1. The van der Waals surface area contributed by atoms with Crippen LogP contribution in [0.15, 0.2) is 18.2 Å². The van der Waals surface area contributed by atoms with Gasteiger partial charge in [0, 0.05) is 18.7 Å². The number of hydrogen-bond donors (Lipinski definition) is 2. The third kappa shape index (κ3) is 4.79.